The first-order valence-electron chi connectivity index (χ1n) is 5.29. The lowest BCUT2D eigenvalue weighted by atomic mass is 10.1. The van der Waals surface area contributed by atoms with E-state index in [4.69, 9.17) is 9.47 Å². The number of carbonyl (C=O) groups excluding carboxylic acids is 1. The van der Waals surface area contributed by atoms with Crippen LogP contribution in [0.25, 0.3) is 0 Å². The molecule has 86 valence electrons. The summed E-state index contributed by atoms with van der Waals surface area (Å²) in [5.74, 6) is 0.977. The molecular weight excluding hydrogens is 220 g/mol. The summed E-state index contributed by atoms with van der Waals surface area (Å²) in [7, 11) is 0. The second-order valence-electron chi connectivity index (χ2n) is 3.63. The van der Waals surface area contributed by atoms with Crippen LogP contribution in [0.3, 0.4) is 0 Å². The van der Waals surface area contributed by atoms with Gasteiger partial charge in [-0.3, -0.25) is 9.89 Å². The summed E-state index contributed by atoms with van der Waals surface area (Å²) in [6.07, 6.45) is 1.54. The van der Waals surface area contributed by atoms with Gasteiger partial charge in [0.25, 0.3) is 0 Å². The van der Waals surface area contributed by atoms with Crippen molar-refractivity contribution in [1.29, 1.82) is 0 Å². The predicted molar refractivity (Wildman–Crippen MR) is 59.5 cm³/mol. The molecule has 0 spiro atoms. The molecule has 17 heavy (non-hydrogen) atoms. The lowest BCUT2D eigenvalue weighted by Gasteiger charge is -2.20. The zero-order chi connectivity index (χ0) is 11.7. The Bertz CT molecular complexity index is 549. The van der Waals surface area contributed by atoms with Gasteiger partial charge in [0, 0.05) is 6.20 Å². The number of ether oxygens (including phenoxy) is 2. The first kappa shape index (κ1) is 9.89. The smallest absolute Gasteiger partial charge is 0.214 e. The van der Waals surface area contributed by atoms with Crippen molar-refractivity contribution in [1.82, 2.24) is 10.2 Å². The zero-order valence-electron chi connectivity index (χ0n) is 8.97. The van der Waals surface area contributed by atoms with Gasteiger partial charge in [-0.15, -0.1) is 0 Å². The normalized spacial score (nSPS) is 13.4. The molecule has 5 nitrogen and oxygen atoms in total. The van der Waals surface area contributed by atoms with Crippen LogP contribution in [0, 0.1) is 0 Å². The highest BCUT2D eigenvalue weighted by atomic mass is 16.6. The summed E-state index contributed by atoms with van der Waals surface area (Å²) in [5.41, 5.74) is 0.930. The lowest BCUT2D eigenvalue weighted by molar-refractivity contribution is 0.102. The SMILES string of the molecule is O=C(c1ccn[nH]1)c1cccc2c1OCCO2. The fourth-order valence-electron chi connectivity index (χ4n) is 1.78. The molecular formula is C12H10N2O3. The number of ketones is 1. The Hall–Kier alpha value is -2.30. The molecule has 1 N–H and O–H groups in total. The zero-order valence-corrected chi connectivity index (χ0v) is 8.97. The highest BCUT2D eigenvalue weighted by molar-refractivity contribution is 6.09. The molecule has 1 aliphatic rings. The number of fused-ring (bicyclic) bond motifs is 1. The number of nitrogens with one attached hydrogen (secondary N) is 1. The number of rotatable bonds is 2. The van der Waals surface area contributed by atoms with E-state index in [2.05, 4.69) is 10.2 Å². The number of hydrogen-bond acceptors (Lipinski definition) is 4. The molecule has 0 atom stereocenters. The Morgan fingerprint density at radius 1 is 1.24 bits per heavy atom. The summed E-state index contributed by atoms with van der Waals surface area (Å²) >= 11 is 0. The van der Waals surface area contributed by atoms with Gasteiger partial charge in [-0.1, -0.05) is 6.07 Å². The van der Waals surface area contributed by atoms with Gasteiger partial charge in [-0.05, 0) is 18.2 Å². The van der Waals surface area contributed by atoms with E-state index in [0.29, 0.717) is 36.0 Å². The van der Waals surface area contributed by atoms with Gasteiger partial charge < -0.3 is 9.47 Å². The van der Waals surface area contributed by atoms with Gasteiger partial charge in [-0.2, -0.15) is 5.10 Å². The van der Waals surface area contributed by atoms with Crippen molar-refractivity contribution in [3.8, 4) is 11.5 Å². The molecule has 1 aromatic carbocycles. The molecule has 0 amide bonds. The maximum absolute atomic E-state index is 12.2. The highest BCUT2D eigenvalue weighted by Crippen LogP contribution is 2.34. The fraction of sp³-hybridized carbons (Fsp3) is 0.167. The molecule has 5 heteroatoms. The number of hydrogen-bond donors (Lipinski definition) is 1. The summed E-state index contributed by atoms with van der Waals surface area (Å²) in [5, 5.41) is 6.41. The van der Waals surface area contributed by atoms with Crippen molar-refractivity contribution in [2.24, 2.45) is 0 Å². The molecule has 0 aliphatic carbocycles. The third-order valence-corrected chi connectivity index (χ3v) is 2.56. The van der Waals surface area contributed by atoms with Crippen molar-refractivity contribution in [2.75, 3.05) is 13.2 Å². The molecule has 2 heterocycles. The van der Waals surface area contributed by atoms with Gasteiger partial charge in [0.15, 0.2) is 11.5 Å². The average Bonchev–Trinajstić information content (AvgIpc) is 2.91. The van der Waals surface area contributed by atoms with E-state index >= 15 is 0 Å². The van der Waals surface area contributed by atoms with E-state index in [-0.39, 0.29) is 5.78 Å². The predicted octanol–water partition coefficient (Wildman–Crippen LogP) is 1.41. The minimum absolute atomic E-state index is 0.148. The molecule has 2 aromatic rings. The summed E-state index contributed by atoms with van der Waals surface area (Å²) in [6, 6.07) is 6.91. The Morgan fingerprint density at radius 2 is 2.12 bits per heavy atom. The van der Waals surface area contributed by atoms with Crippen LogP contribution < -0.4 is 9.47 Å². The second kappa shape index (κ2) is 3.93. The molecule has 1 aromatic heterocycles. The summed E-state index contributed by atoms with van der Waals surface area (Å²) < 4.78 is 10.9. The number of carbonyl (C=O) groups is 1. The lowest BCUT2D eigenvalue weighted by Crippen LogP contribution is -2.18. The van der Waals surface area contributed by atoms with Crippen molar-refractivity contribution in [3.63, 3.8) is 0 Å². The van der Waals surface area contributed by atoms with E-state index in [1.807, 2.05) is 0 Å². The van der Waals surface area contributed by atoms with E-state index in [9.17, 15) is 4.79 Å². The summed E-state index contributed by atoms with van der Waals surface area (Å²) in [6.45, 7) is 0.967. The molecule has 3 rings (SSSR count). The van der Waals surface area contributed by atoms with Gasteiger partial charge in [-0.25, -0.2) is 0 Å². The Labute approximate surface area is 97.4 Å². The Balaban J connectivity index is 2.06. The third kappa shape index (κ3) is 1.65. The Morgan fingerprint density at radius 3 is 2.94 bits per heavy atom. The number of benzene rings is 1. The van der Waals surface area contributed by atoms with Gasteiger partial charge in [0.05, 0.1) is 5.56 Å². The molecule has 1 aliphatic heterocycles. The summed E-state index contributed by atoms with van der Waals surface area (Å²) in [4.78, 5) is 12.2. The molecule has 0 saturated carbocycles. The topological polar surface area (TPSA) is 64.2 Å². The maximum atomic E-state index is 12.2. The minimum Gasteiger partial charge on any atom is -0.486 e. The molecule has 0 unspecified atom stereocenters. The highest BCUT2D eigenvalue weighted by Gasteiger charge is 2.21. The van der Waals surface area contributed by atoms with Crippen LogP contribution in [0.1, 0.15) is 16.1 Å². The van der Waals surface area contributed by atoms with Crippen LogP contribution in [-0.2, 0) is 0 Å². The number of nitrogens with zero attached hydrogens (tertiary/aromatic N) is 1. The maximum Gasteiger partial charge on any atom is 0.214 e. The molecule has 0 fully saturated rings. The standard InChI is InChI=1S/C12H10N2O3/c15-11(9-4-5-13-14-9)8-2-1-3-10-12(8)17-7-6-16-10/h1-5H,6-7H2,(H,13,14). The second-order valence-corrected chi connectivity index (χ2v) is 3.63. The van der Waals surface area contributed by atoms with Gasteiger partial charge >= 0.3 is 0 Å². The van der Waals surface area contributed by atoms with Gasteiger partial charge in [0.1, 0.15) is 18.9 Å². The van der Waals surface area contributed by atoms with Crippen molar-refractivity contribution >= 4 is 5.78 Å². The van der Waals surface area contributed by atoms with Crippen molar-refractivity contribution < 1.29 is 14.3 Å². The molecule has 0 bridgehead atoms. The Kier molecular flexibility index (Phi) is 2.29. The third-order valence-electron chi connectivity index (χ3n) is 2.56. The fourth-order valence-corrected chi connectivity index (χ4v) is 1.78. The van der Waals surface area contributed by atoms with Crippen LogP contribution in [0.5, 0.6) is 11.5 Å². The number of para-hydroxylation sites is 1. The van der Waals surface area contributed by atoms with Crippen LogP contribution in [0.4, 0.5) is 0 Å². The first-order valence-corrected chi connectivity index (χ1v) is 5.29. The minimum atomic E-state index is -0.148. The van der Waals surface area contributed by atoms with E-state index < -0.39 is 0 Å². The van der Waals surface area contributed by atoms with Gasteiger partial charge in [0.2, 0.25) is 5.78 Å². The van der Waals surface area contributed by atoms with Crippen LogP contribution in [0.2, 0.25) is 0 Å². The van der Waals surface area contributed by atoms with Crippen molar-refractivity contribution in [3.05, 3.63) is 41.7 Å². The van der Waals surface area contributed by atoms with E-state index in [0.717, 1.165) is 0 Å². The molecule has 0 radical (unpaired) electrons. The van der Waals surface area contributed by atoms with E-state index in [1.165, 1.54) is 0 Å². The number of aromatic nitrogens is 2. The monoisotopic (exact) mass is 230 g/mol. The number of aromatic amines is 1. The number of H-pyrrole nitrogens is 1. The quantitative estimate of drug-likeness (QED) is 0.792. The van der Waals surface area contributed by atoms with Crippen molar-refractivity contribution in [2.45, 2.75) is 0 Å². The van der Waals surface area contributed by atoms with E-state index in [1.54, 1.807) is 30.5 Å². The first-order chi connectivity index (χ1) is 8.36. The molecule has 0 saturated heterocycles. The largest absolute Gasteiger partial charge is 0.486 e. The average molecular weight is 230 g/mol. The van der Waals surface area contributed by atoms with Crippen LogP contribution in [0.15, 0.2) is 30.5 Å². The van der Waals surface area contributed by atoms with Crippen LogP contribution in [-0.4, -0.2) is 29.2 Å². The van der Waals surface area contributed by atoms with Crippen LogP contribution >= 0.6 is 0 Å².